The zero-order valence-electron chi connectivity index (χ0n) is 24.6. The summed E-state index contributed by atoms with van der Waals surface area (Å²) in [6, 6.07) is 14.3. The number of amidine groups is 1. The number of amides is 2. The first kappa shape index (κ1) is 33.5. The Morgan fingerprint density at radius 3 is 2.38 bits per heavy atom. The molecule has 2 N–H and O–H groups in total. The second-order valence-electron chi connectivity index (χ2n) is 10.5. The number of halogens is 6. The third-order valence-corrected chi connectivity index (χ3v) is 7.74. The van der Waals surface area contributed by atoms with E-state index in [4.69, 9.17) is 0 Å². The number of alkyl halides is 6. The molecule has 1 aromatic heterocycles. The van der Waals surface area contributed by atoms with Gasteiger partial charge in [0.05, 0.1) is 11.3 Å². The smallest absolute Gasteiger partial charge is 0.406 e. The Morgan fingerprint density at radius 1 is 1.04 bits per heavy atom. The van der Waals surface area contributed by atoms with E-state index in [9.17, 15) is 36.2 Å². The van der Waals surface area contributed by atoms with Gasteiger partial charge in [-0.3, -0.25) is 4.90 Å². The second kappa shape index (κ2) is 13.5. The Bertz CT molecular complexity index is 1790. The number of benzene rings is 3. The maximum absolute atomic E-state index is 13.5. The molecule has 9 nitrogen and oxygen atoms in total. The SMILES string of the molecule is CC(C)c1ccc(C(F)(F)F)cc1N1C(=NC(=O)Nc2ccc(/C=C/c3ncn(-c4ccc(OC(F)(F)F)cc4)n3)cc2)SCC1O. The van der Waals surface area contributed by atoms with Gasteiger partial charge in [-0.1, -0.05) is 49.9 Å². The van der Waals surface area contributed by atoms with Gasteiger partial charge in [0.15, 0.2) is 11.0 Å². The number of hydrogen-bond donors (Lipinski definition) is 2. The van der Waals surface area contributed by atoms with Crippen molar-refractivity contribution in [1.29, 1.82) is 0 Å². The number of thioether (sulfide) groups is 1. The summed E-state index contributed by atoms with van der Waals surface area (Å²) in [7, 11) is 0. The lowest BCUT2D eigenvalue weighted by molar-refractivity contribution is -0.274. The number of aliphatic hydroxyl groups is 1. The van der Waals surface area contributed by atoms with Crippen LogP contribution in [0.5, 0.6) is 5.75 Å². The van der Waals surface area contributed by atoms with E-state index < -0.39 is 30.4 Å². The van der Waals surface area contributed by atoms with E-state index >= 15 is 0 Å². The topological polar surface area (TPSA) is 105 Å². The number of carbonyl (C=O) groups is 1. The molecule has 1 unspecified atom stereocenters. The number of anilines is 2. The standard InChI is InChI=1S/C31H26F6N6O3S/c1-18(2)24-13-6-20(30(32,33)34)15-25(24)43-27(44)16-47-29(43)40-28(45)39-21-7-3-19(4-8-21)5-14-26-38-17-42(41-26)22-9-11-23(12-10-22)46-31(35,36)37/h3-15,17-18,27,44H,16H2,1-2H3,(H,39,45)/b14-5+,40-29?. The fourth-order valence-electron chi connectivity index (χ4n) is 4.55. The molecule has 0 radical (unpaired) electrons. The van der Waals surface area contributed by atoms with Crippen molar-refractivity contribution in [3.05, 3.63) is 95.6 Å². The monoisotopic (exact) mass is 676 g/mol. The molecule has 1 fully saturated rings. The van der Waals surface area contributed by atoms with Crippen LogP contribution in [-0.4, -0.2) is 49.4 Å². The molecule has 1 saturated heterocycles. The first-order valence-corrected chi connectivity index (χ1v) is 14.9. The Kier molecular flexibility index (Phi) is 9.63. The van der Waals surface area contributed by atoms with Crippen molar-refractivity contribution < 1.29 is 41.0 Å². The quantitative estimate of drug-likeness (QED) is 0.192. The zero-order chi connectivity index (χ0) is 33.9. The van der Waals surface area contributed by atoms with Crippen LogP contribution >= 0.6 is 11.8 Å². The molecular formula is C31H26F6N6O3S. The van der Waals surface area contributed by atoms with Crippen molar-refractivity contribution in [3.8, 4) is 11.4 Å². The molecule has 246 valence electrons. The van der Waals surface area contributed by atoms with E-state index in [0.29, 0.717) is 22.8 Å². The van der Waals surface area contributed by atoms with Crippen LogP contribution in [0.15, 0.2) is 78.0 Å². The fraction of sp³-hybridized carbons (Fsp3) is 0.226. The zero-order valence-corrected chi connectivity index (χ0v) is 25.4. The largest absolute Gasteiger partial charge is 0.573 e. The van der Waals surface area contributed by atoms with Crippen molar-refractivity contribution in [3.63, 3.8) is 0 Å². The number of aromatic nitrogens is 3. The lowest BCUT2D eigenvalue weighted by Crippen LogP contribution is -2.35. The summed E-state index contributed by atoms with van der Waals surface area (Å²) in [5.74, 6) is -0.0862. The van der Waals surface area contributed by atoms with Crippen molar-refractivity contribution in [2.75, 3.05) is 16.0 Å². The molecule has 0 aliphatic carbocycles. The summed E-state index contributed by atoms with van der Waals surface area (Å²) in [5.41, 5.74) is 1.41. The summed E-state index contributed by atoms with van der Waals surface area (Å²) < 4.78 is 82.8. The van der Waals surface area contributed by atoms with Crippen LogP contribution in [0.3, 0.4) is 0 Å². The average Bonchev–Trinajstić information content (AvgIpc) is 3.62. The fourth-order valence-corrected chi connectivity index (χ4v) is 5.50. The van der Waals surface area contributed by atoms with E-state index in [1.165, 1.54) is 34.1 Å². The number of nitrogens with zero attached hydrogens (tertiary/aromatic N) is 5. The number of urea groups is 1. The maximum Gasteiger partial charge on any atom is 0.573 e. The molecular weight excluding hydrogens is 650 g/mol. The number of hydrogen-bond acceptors (Lipinski definition) is 6. The molecule has 1 aliphatic heterocycles. The van der Waals surface area contributed by atoms with Crippen molar-refractivity contribution in [2.24, 2.45) is 4.99 Å². The number of aliphatic imine (C=N–C) groups is 1. The molecule has 16 heteroatoms. The molecule has 5 rings (SSSR count). The van der Waals surface area contributed by atoms with Gasteiger partial charge in [-0.25, -0.2) is 14.5 Å². The van der Waals surface area contributed by atoms with Crippen molar-refractivity contribution in [2.45, 2.75) is 38.5 Å². The van der Waals surface area contributed by atoms with Crippen LogP contribution in [0.2, 0.25) is 0 Å². The van der Waals surface area contributed by atoms with Gasteiger partial charge >= 0.3 is 18.6 Å². The minimum Gasteiger partial charge on any atom is -0.406 e. The predicted molar refractivity (Wildman–Crippen MR) is 166 cm³/mol. The van der Waals surface area contributed by atoms with E-state index in [-0.39, 0.29) is 28.3 Å². The number of rotatable bonds is 7. The Hall–Kier alpha value is -4.83. The van der Waals surface area contributed by atoms with E-state index in [0.717, 1.165) is 41.6 Å². The third kappa shape index (κ3) is 8.51. The number of nitrogens with one attached hydrogen (secondary N) is 1. The van der Waals surface area contributed by atoms with Gasteiger partial charge in [0.25, 0.3) is 0 Å². The molecule has 47 heavy (non-hydrogen) atoms. The lowest BCUT2D eigenvalue weighted by Gasteiger charge is -2.27. The van der Waals surface area contributed by atoms with Gasteiger partial charge in [-0.15, -0.1) is 18.3 Å². The number of aliphatic hydroxyl groups excluding tert-OH is 1. The first-order chi connectivity index (χ1) is 22.2. The highest BCUT2D eigenvalue weighted by Crippen LogP contribution is 2.39. The van der Waals surface area contributed by atoms with Crippen LogP contribution < -0.4 is 15.0 Å². The highest BCUT2D eigenvalue weighted by molar-refractivity contribution is 8.14. The van der Waals surface area contributed by atoms with Crippen molar-refractivity contribution >= 4 is 46.5 Å². The predicted octanol–water partition coefficient (Wildman–Crippen LogP) is 7.94. The second-order valence-corrected chi connectivity index (χ2v) is 11.4. The van der Waals surface area contributed by atoms with Gasteiger partial charge in [-0.2, -0.15) is 18.2 Å². The maximum atomic E-state index is 13.5. The van der Waals surface area contributed by atoms with Crippen LogP contribution in [0.1, 0.15) is 42.3 Å². The number of ether oxygens (including phenoxy) is 1. The molecule has 1 atom stereocenters. The van der Waals surface area contributed by atoms with E-state index in [2.05, 4.69) is 25.1 Å². The van der Waals surface area contributed by atoms with Gasteiger partial charge in [-0.05, 0) is 71.7 Å². The lowest BCUT2D eigenvalue weighted by atomic mass is 9.98. The van der Waals surface area contributed by atoms with Crippen LogP contribution in [0.25, 0.3) is 17.8 Å². The highest BCUT2D eigenvalue weighted by Gasteiger charge is 2.36. The average molecular weight is 677 g/mol. The minimum atomic E-state index is -4.79. The molecule has 2 heterocycles. The molecule has 3 aromatic carbocycles. The van der Waals surface area contributed by atoms with E-state index in [1.807, 2.05) is 13.8 Å². The number of carbonyl (C=O) groups excluding carboxylic acids is 1. The molecule has 0 bridgehead atoms. The van der Waals surface area contributed by atoms with Gasteiger partial charge in [0.1, 0.15) is 18.3 Å². The van der Waals surface area contributed by atoms with Gasteiger partial charge in [0, 0.05) is 17.1 Å². The van der Waals surface area contributed by atoms with Gasteiger partial charge in [0.2, 0.25) is 0 Å². The highest BCUT2D eigenvalue weighted by atomic mass is 32.2. The summed E-state index contributed by atoms with van der Waals surface area (Å²) in [5, 5.41) is 17.6. The summed E-state index contributed by atoms with van der Waals surface area (Å²) >= 11 is 1.05. The molecule has 2 amide bonds. The molecule has 0 saturated carbocycles. The minimum absolute atomic E-state index is 0.0632. The summed E-state index contributed by atoms with van der Waals surface area (Å²) in [6.45, 7) is 3.63. The molecule has 1 aliphatic rings. The molecule has 4 aromatic rings. The summed E-state index contributed by atoms with van der Waals surface area (Å²) in [6.07, 6.45) is -5.83. The normalized spacial score (nSPS) is 16.4. The van der Waals surface area contributed by atoms with Crippen LogP contribution in [-0.2, 0) is 6.18 Å². The first-order valence-electron chi connectivity index (χ1n) is 13.9. The Balaban J connectivity index is 1.24. The van der Waals surface area contributed by atoms with Gasteiger partial charge < -0.3 is 15.2 Å². The Labute approximate surface area is 268 Å². The van der Waals surface area contributed by atoms with Crippen molar-refractivity contribution in [1.82, 2.24) is 14.8 Å². The Morgan fingerprint density at radius 2 is 1.74 bits per heavy atom. The molecule has 0 spiro atoms. The van der Waals surface area contributed by atoms with Crippen LogP contribution in [0, 0.1) is 0 Å². The summed E-state index contributed by atoms with van der Waals surface area (Å²) in [4.78, 5) is 22.3. The van der Waals surface area contributed by atoms with Crippen LogP contribution in [0.4, 0.5) is 42.5 Å². The third-order valence-electron chi connectivity index (χ3n) is 6.73. The van der Waals surface area contributed by atoms with E-state index in [1.54, 1.807) is 36.4 Å².